The SMILES string of the molecule is C.C=C/C=C/C.CC1CC2CC3CCCC3CC2C1[Si](C)(C)[N-]C(C)(C)C.CC1CC2CC3CCCC3CC2C1[Si](C)(C)[N-]C(C)(C)C.[CH3-].[CH3-].[CH3-].[CH3-].[CH3-].[Ti+3].[Ti+4]. The molecule has 6 aliphatic rings. The van der Waals surface area contributed by atoms with Gasteiger partial charge in [-0.3, -0.25) is 0 Å². The molecule has 1 radical (unpaired) electrons. The number of hydrogen-bond acceptors (Lipinski definition) is 0. The molecule has 6 aliphatic carbocycles. The Morgan fingerprint density at radius 2 is 0.836 bits per heavy atom. The Morgan fingerprint density at radius 1 is 0.545 bits per heavy atom. The summed E-state index contributed by atoms with van der Waals surface area (Å²) in [5, 5.41) is 0. The molecule has 0 aliphatic heterocycles. The van der Waals surface area contributed by atoms with Gasteiger partial charge < -0.3 is 47.1 Å². The maximum atomic E-state index is 5.39. The minimum atomic E-state index is -1.50. The number of rotatable bonds is 5. The van der Waals surface area contributed by atoms with Gasteiger partial charge in [0.25, 0.3) is 0 Å². The second-order valence-electron chi connectivity index (χ2n) is 20.8. The van der Waals surface area contributed by atoms with Gasteiger partial charge in [-0.2, -0.15) is 0 Å². The maximum Gasteiger partial charge on any atom is 4.00 e. The first-order valence-corrected chi connectivity index (χ1v) is 26.5. The first kappa shape index (κ1) is 65.4. The Hall–Kier alpha value is 1.26. The molecule has 6 heteroatoms. The molecule has 321 valence electrons. The van der Waals surface area contributed by atoms with Crippen molar-refractivity contribution >= 4 is 16.5 Å². The summed E-state index contributed by atoms with van der Waals surface area (Å²) in [5.41, 5.74) is 2.20. The first-order valence-electron chi connectivity index (χ1n) is 20.5. The molecule has 0 spiro atoms. The summed E-state index contributed by atoms with van der Waals surface area (Å²) >= 11 is 0. The fourth-order valence-electron chi connectivity index (χ4n) is 13.6. The molecule has 6 rings (SSSR count). The van der Waals surface area contributed by atoms with Crippen LogP contribution in [0.2, 0.25) is 37.3 Å². The smallest absolute Gasteiger partial charge is 0.660 e. The summed E-state index contributed by atoms with van der Waals surface area (Å²) in [7, 11) is -2.99. The minimum Gasteiger partial charge on any atom is -0.660 e. The molecular weight excluding hydrogens is 768 g/mol. The van der Waals surface area contributed by atoms with E-state index in [9.17, 15) is 0 Å². The van der Waals surface area contributed by atoms with E-state index >= 15 is 0 Å². The van der Waals surface area contributed by atoms with Gasteiger partial charge in [-0.1, -0.05) is 180 Å². The average Bonchev–Trinajstić information content (AvgIpc) is 3.67. The summed E-state index contributed by atoms with van der Waals surface area (Å²) in [6.07, 6.45) is 24.0. The molecule has 0 bridgehead atoms. The Bertz CT molecular complexity index is 972. The molecular formula is C49H99N2Si2Ti2. The van der Waals surface area contributed by atoms with Crippen LogP contribution in [0.4, 0.5) is 0 Å². The molecule has 55 heavy (non-hydrogen) atoms. The molecule has 12 atom stereocenters. The molecule has 0 amide bonds. The van der Waals surface area contributed by atoms with E-state index in [1.54, 1.807) is 44.6 Å². The standard InChI is InChI=1S/2C19H36NSi.C5H8.CH4.5CH3.2Ti/c2*1-13-10-16-11-14-8-7-9-15(14)12-17(16)18(13)21(5,6)20-19(2,3)4;1-3-5-4-2;;;;;;;;/h2*13-18H,7-12H2,1-6H3;3-5H,1H2,2H3;1H4;5*1H3;;/q2*-1;;;5*-1;+3;+4/b;;5-4+;;;;;;;;. The van der Waals surface area contributed by atoms with Crippen molar-refractivity contribution in [2.75, 3.05) is 0 Å². The minimum absolute atomic E-state index is 0. The number of allylic oxidation sites excluding steroid dienone is 3. The summed E-state index contributed by atoms with van der Waals surface area (Å²) in [6, 6.07) is 0. The summed E-state index contributed by atoms with van der Waals surface area (Å²) < 4.78 is 0. The molecule has 0 aromatic heterocycles. The van der Waals surface area contributed by atoms with Gasteiger partial charge in [0.2, 0.25) is 0 Å². The zero-order chi connectivity index (χ0) is 34.9. The van der Waals surface area contributed by atoms with Gasteiger partial charge in [0.05, 0.1) is 0 Å². The van der Waals surface area contributed by atoms with E-state index in [4.69, 9.17) is 9.96 Å². The van der Waals surface area contributed by atoms with E-state index < -0.39 is 16.5 Å². The largest absolute Gasteiger partial charge is 4.00 e. The molecule has 6 fully saturated rings. The van der Waals surface area contributed by atoms with Crippen LogP contribution in [-0.4, -0.2) is 27.5 Å². The van der Waals surface area contributed by atoms with E-state index in [1.165, 1.54) is 38.5 Å². The fourth-order valence-corrected chi connectivity index (χ4v) is 23.4. The quantitative estimate of drug-likeness (QED) is 0.150. The molecule has 0 aromatic carbocycles. The fraction of sp³-hybridized carbons (Fsp3) is 0.816. The van der Waals surface area contributed by atoms with E-state index in [2.05, 4.69) is 88.2 Å². The number of nitrogens with zero attached hydrogens (tertiary/aromatic N) is 2. The van der Waals surface area contributed by atoms with Gasteiger partial charge in [0, 0.05) is 0 Å². The molecule has 6 saturated carbocycles. The van der Waals surface area contributed by atoms with E-state index in [1.807, 2.05) is 19.1 Å². The van der Waals surface area contributed by atoms with Crippen LogP contribution in [0.25, 0.3) is 9.96 Å². The normalized spacial score (nSPS) is 34.2. The van der Waals surface area contributed by atoms with Crippen LogP contribution in [0.3, 0.4) is 0 Å². The summed E-state index contributed by atoms with van der Waals surface area (Å²) in [6.45, 7) is 34.5. The zero-order valence-corrected chi connectivity index (χ0v) is 44.9. The van der Waals surface area contributed by atoms with Crippen molar-refractivity contribution in [3.8, 4) is 0 Å². The summed E-state index contributed by atoms with van der Waals surface area (Å²) in [5.74, 6) is 10.3. The second kappa shape index (κ2) is 26.6. The Kier molecular flexibility index (Phi) is 31.6. The van der Waals surface area contributed by atoms with Crippen molar-refractivity contribution in [2.45, 2.75) is 195 Å². The van der Waals surface area contributed by atoms with Crippen molar-refractivity contribution in [2.24, 2.45) is 59.2 Å². The molecule has 0 heterocycles. The third-order valence-electron chi connectivity index (χ3n) is 13.9. The van der Waals surface area contributed by atoms with Crippen LogP contribution in [0.1, 0.15) is 147 Å². The van der Waals surface area contributed by atoms with Gasteiger partial charge in [-0.05, 0) is 105 Å². The maximum absolute atomic E-state index is 5.39. The Labute approximate surface area is 383 Å². The van der Waals surface area contributed by atoms with E-state index in [0.717, 1.165) is 70.3 Å². The first-order chi connectivity index (χ1) is 21.8. The van der Waals surface area contributed by atoms with Crippen LogP contribution in [0.5, 0.6) is 0 Å². The van der Waals surface area contributed by atoms with E-state index in [-0.39, 0.29) is 99.1 Å². The van der Waals surface area contributed by atoms with Crippen LogP contribution in [0, 0.1) is 96.3 Å². The van der Waals surface area contributed by atoms with Crippen LogP contribution < -0.4 is 0 Å². The van der Waals surface area contributed by atoms with Gasteiger partial charge >= 0.3 is 43.4 Å². The van der Waals surface area contributed by atoms with Gasteiger partial charge in [-0.15, -0.1) is 11.1 Å². The monoisotopic (exact) mass is 868 g/mol. The molecule has 12 unspecified atom stereocenters. The summed E-state index contributed by atoms with van der Waals surface area (Å²) in [4.78, 5) is 10.8. The molecule has 2 nitrogen and oxygen atoms in total. The predicted molar refractivity (Wildman–Crippen MR) is 254 cm³/mol. The van der Waals surface area contributed by atoms with Crippen LogP contribution in [-0.2, 0) is 43.4 Å². The van der Waals surface area contributed by atoms with E-state index in [0.29, 0.717) is 0 Å². The van der Waals surface area contributed by atoms with Gasteiger partial charge in [-0.25, -0.2) is 0 Å². The predicted octanol–water partition coefficient (Wildman–Crippen LogP) is 17.1. The second-order valence-corrected chi connectivity index (χ2v) is 29.2. The van der Waals surface area contributed by atoms with Gasteiger partial charge in [0.15, 0.2) is 0 Å². The third kappa shape index (κ3) is 17.3. The van der Waals surface area contributed by atoms with Crippen molar-refractivity contribution < 1.29 is 43.4 Å². The zero-order valence-electron chi connectivity index (χ0n) is 39.7. The topological polar surface area (TPSA) is 28.2 Å². The average molecular weight is 868 g/mol. The van der Waals surface area contributed by atoms with Crippen molar-refractivity contribution in [1.29, 1.82) is 0 Å². The van der Waals surface area contributed by atoms with Crippen molar-refractivity contribution in [3.05, 3.63) is 71.9 Å². The van der Waals surface area contributed by atoms with Gasteiger partial charge in [0.1, 0.15) is 0 Å². The number of hydrogen-bond donors (Lipinski definition) is 0. The Balaban J connectivity index is -0.000000239. The van der Waals surface area contributed by atoms with Crippen molar-refractivity contribution in [3.63, 3.8) is 0 Å². The third-order valence-corrected chi connectivity index (χ3v) is 21.7. The number of fused-ring (bicyclic) bond motifs is 4. The molecule has 0 saturated heterocycles. The van der Waals surface area contributed by atoms with Crippen molar-refractivity contribution in [1.82, 2.24) is 0 Å². The molecule has 0 aromatic rings. The molecule has 0 N–H and O–H groups in total. The Morgan fingerprint density at radius 3 is 1.07 bits per heavy atom. The van der Waals surface area contributed by atoms with Crippen LogP contribution in [0.15, 0.2) is 24.8 Å². The van der Waals surface area contributed by atoms with Crippen LogP contribution >= 0.6 is 0 Å².